The SMILES string of the molecule is CCNc1ncc(Br)cc1C(=O)N1CCOCC1CC. The van der Waals surface area contributed by atoms with Gasteiger partial charge in [-0.2, -0.15) is 0 Å². The number of hydrogen-bond donors (Lipinski definition) is 1. The molecule has 1 atom stereocenters. The van der Waals surface area contributed by atoms with Crippen LogP contribution in [0.15, 0.2) is 16.7 Å². The quantitative estimate of drug-likeness (QED) is 0.914. The van der Waals surface area contributed by atoms with E-state index in [1.54, 1.807) is 6.20 Å². The number of anilines is 1. The van der Waals surface area contributed by atoms with Crippen LogP contribution >= 0.6 is 15.9 Å². The molecule has 0 radical (unpaired) electrons. The monoisotopic (exact) mass is 341 g/mol. The van der Waals surface area contributed by atoms with Gasteiger partial charge in [0, 0.05) is 23.8 Å². The van der Waals surface area contributed by atoms with Crippen LogP contribution in [0.4, 0.5) is 5.82 Å². The molecule has 110 valence electrons. The molecule has 0 spiro atoms. The molecule has 2 rings (SSSR count). The molecule has 6 heteroatoms. The van der Waals surface area contributed by atoms with Gasteiger partial charge in [-0.3, -0.25) is 4.79 Å². The third kappa shape index (κ3) is 3.30. The van der Waals surface area contributed by atoms with Gasteiger partial charge >= 0.3 is 0 Å². The number of halogens is 1. The summed E-state index contributed by atoms with van der Waals surface area (Å²) in [6.45, 7) is 6.64. The molecule has 1 saturated heterocycles. The summed E-state index contributed by atoms with van der Waals surface area (Å²) in [7, 11) is 0. The highest BCUT2D eigenvalue weighted by Crippen LogP contribution is 2.22. The van der Waals surface area contributed by atoms with Gasteiger partial charge in [0.1, 0.15) is 5.82 Å². The first-order chi connectivity index (χ1) is 9.67. The first-order valence-electron chi connectivity index (χ1n) is 6.95. The van der Waals surface area contributed by atoms with Crippen LogP contribution < -0.4 is 5.32 Å². The maximum absolute atomic E-state index is 12.8. The van der Waals surface area contributed by atoms with E-state index in [1.807, 2.05) is 17.9 Å². The average Bonchev–Trinajstić information content (AvgIpc) is 2.48. The largest absolute Gasteiger partial charge is 0.377 e. The fourth-order valence-electron chi connectivity index (χ4n) is 2.33. The van der Waals surface area contributed by atoms with Crippen LogP contribution in [0.2, 0.25) is 0 Å². The fraction of sp³-hybridized carbons (Fsp3) is 0.571. The zero-order chi connectivity index (χ0) is 14.5. The Morgan fingerprint density at radius 2 is 2.40 bits per heavy atom. The number of nitrogens with one attached hydrogen (secondary N) is 1. The van der Waals surface area contributed by atoms with Crippen molar-refractivity contribution in [1.29, 1.82) is 0 Å². The minimum atomic E-state index is 0.0184. The first kappa shape index (κ1) is 15.3. The van der Waals surface area contributed by atoms with E-state index in [9.17, 15) is 4.79 Å². The highest BCUT2D eigenvalue weighted by atomic mass is 79.9. The Hall–Kier alpha value is -1.14. The zero-order valence-electron chi connectivity index (χ0n) is 11.9. The van der Waals surface area contributed by atoms with Gasteiger partial charge < -0.3 is 15.0 Å². The first-order valence-corrected chi connectivity index (χ1v) is 7.74. The molecule has 1 unspecified atom stereocenters. The van der Waals surface area contributed by atoms with Crippen molar-refractivity contribution in [2.45, 2.75) is 26.3 Å². The summed E-state index contributed by atoms with van der Waals surface area (Å²) >= 11 is 3.39. The van der Waals surface area contributed by atoms with Crippen molar-refractivity contribution < 1.29 is 9.53 Å². The summed E-state index contributed by atoms with van der Waals surface area (Å²) in [5.41, 5.74) is 0.613. The number of amides is 1. The number of pyridine rings is 1. The second-order valence-corrected chi connectivity index (χ2v) is 5.63. The van der Waals surface area contributed by atoms with Crippen LogP contribution in [0, 0.1) is 0 Å². The van der Waals surface area contributed by atoms with E-state index in [-0.39, 0.29) is 11.9 Å². The Balaban J connectivity index is 2.29. The summed E-state index contributed by atoms with van der Waals surface area (Å²) < 4.78 is 6.27. The van der Waals surface area contributed by atoms with E-state index in [4.69, 9.17) is 4.74 Å². The summed E-state index contributed by atoms with van der Waals surface area (Å²) in [4.78, 5) is 19.0. The van der Waals surface area contributed by atoms with Gasteiger partial charge in [0.2, 0.25) is 0 Å². The van der Waals surface area contributed by atoms with Gasteiger partial charge in [0.25, 0.3) is 5.91 Å². The molecule has 2 heterocycles. The van der Waals surface area contributed by atoms with E-state index in [0.717, 1.165) is 17.4 Å². The van der Waals surface area contributed by atoms with Crippen molar-refractivity contribution >= 4 is 27.7 Å². The van der Waals surface area contributed by atoms with Crippen molar-refractivity contribution in [1.82, 2.24) is 9.88 Å². The van der Waals surface area contributed by atoms with E-state index in [0.29, 0.717) is 31.1 Å². The number of rotatable bonds is 4. The van der Waals surface area contributed by atoms with Gasteiger partial charge in [-0.25, -0.2) is 4.98 Å². The summed E-state index contributed by atoms with van der Waals surface area (Å²) in [5.74, 6) is 0.659. The van der Waals surface area contributed by atoms with E-state index in [2.05, 4.69) is 33.2 Å². The molecule has 0 saturated carbocycles. The fourth-order valence-corrected chi connectivity index (χ4v) is 2.66. The number of carbonyl (C=O) groups excluding carboxylic acids is 1. The minimum absolute atomic E-state index is 0.0184. The molecule has 1 aromatic heterocycles. The highest BCUT2D eigenvalue weighted by molar-refractivity contribution is 9.10. The lowest BCUT2D eigenvalue weighted by Crippen LogP contribution is -2.48. The molecule has 1 amide bonds. The maximum atomic E-state index is 12.8. The summed E-state index contributed by atoms with van der Waals surface area (Å²) in [5, 5.41) is 3.15. The number of morpholine rings is 1. The van der Waals surface area contributed by atoms with Crippen LogP contribution in [-0.4, -0.2) is 48.1 Å². The molecule has 1 aliphatic rings. The molecule has 20 heavy (non-hydrogen) atoms. The van der Waals surface area contributed by atoms with Gasteiger partial charge in [-0.15, -0.1) is 0 Å². The van der Waals surface area contributed by atoms with Crippen LogP contribution in [-0.2, 0) is 4.74 Å². The number of nitrogens with zero attached hydrogens (tertiary/aromatic N) is 2. The van der Waals surface area contributed by atoms with Crippen LogP contribution in [0.1, 0.15) is 30.6 Å². The van der Waals surface area contributed by atoms with Gasteiger partial charge in [-0.1, -0.05) is 6.92 Å². The predicted octanol–water partition coefficient (Wildman–Crippen LogP) is 2.53. The smallest absolute Gasteiger partial charge is 0.258 e. The summed E-state index contributed by atoms with van der Waals surface area (Å²) in [6.07, 6.45) is 2.59. The van der Waals surface area contributed by atoms with Crippen molar-refractivity contribution in [2.75, 3.05) is 31.6 Å². The van der Waals surface area contributed by atoms with E-state index < -0.39 is 0 Å². The van der Waals surface area contributed by atoms with Crippen molar-refractivity contribution in [3.05, 3.63) is 22.3 Å². The third-order valence-corrected chi connectivity index (χ3v) is 3.82. The third-order valence-electron chi connectivity index (χ3n) is 3.39. The minimum Gasteiger partial charge on any atom is -0.377 e. The molecular weight excluding hydrogens is 322 g/mol. The molecular formula is C14H20BrN3O2. The van der Waals surface area contributed by atoms with E-state index >= 15 is 0 Å². The lowest BCUT2D eigenvalue weighted by atomic mass is 10.1. The molecule has 1 fully saturated rings. The Bertz CT molecular complexity index is 481. The van der Waals surface area contributed by atoms with Gasteiger partial charge in [-0.05, 0) is 35.3 Å². The van der Waals surface area contributed by atoms with E-state index in [1.165, 1.54) is 0 Å². The predicted molar refractivity (Wildman–Crippen MR) is 82.0 cm³/mol. The topological polar surface area (TPSA) is 54.5 Å². The van der Waals surface area contributed by atoms with Gasteiger partial charge in [0.15, 0.2) is 0 Å². The number of ether oxygens (including phenoxy) is 1. The standard InChI is InChI=1S/C14H20BrN3O2/c1-3-11-9-20-6-5-18(11)14(19)12-7-10(15)8-17-13(12)16-4-2/h7-8,11H,3-6,9H2,1-2H3,(H,16,17). The van der Waals surface area contributed by atoms with Gasteiger partial charge in [0.05, 0.1) is 24.8 Å². The Morgan fingerprint density at radius 3 is 3.10 bits per heavy atom. The normalized spacial score (nSPS) is 18.9. The number of hydrogen-bond acceptors (Lipinski definition) is 4. The molecule has 5 nitrogen and oxygen atoms in total. The molecule has 1 N–H and O–H groups in total. The highest BCUT2D eigenvalue weighted by Gasteiger charge is 2.28. The zero-order valence-corrected chi connectivity index (χ0v) is 13.4. The Labute approximate surface area is 127 Å². The van der Waals surface area contributed by atoms with Crippen molar-refractivity contribution in [3.8, 4) is 0 Å². The number of aromatic nitrogens is 1. The van der Waals surface area contributed by atoms with Crippen molar-refractivity contribution in [3.63, 3.8) is 0 Å². The van der Waals surface area contributed by atoms with Crippen molar-refractivity contribution in [2.24, 2.45) is 0 Å². The summed E-state index contributed by atoms with van der Waals surface area (Å²) in [6, 6.07) is 1.97. The number of carbonyl (C=O) groups is 1. The molecule has 0 bridgehead atoms. The second kappa shape index (κ2) is 7.04. The lowest BCUT2D eigenvalue weighted by molar-refractivity contribution is -0.00276. The Morgan fingerprint density at radius 1 is 1.60 bits per heavy atom. The average molecular weight is 342 g/mol. The second-order valence-electron chi connectivity index (χ2n) is 4.72. The maximum Gasteiger partial charge on any atom is 0.258 e. The molecule has 0 aliphatic carbocycles. The Kier molecular flexibility index (Phi) is 5.37. The molecule has 0 aromatic carbocycles. The van der Waals surface area contributed by atoms with Crippen LogP contribution in [0.3, 0.4) is 0 Å². The molecule has 1 aliphatic heterocycles. The van der Waals surface area contributed by atoms with Crippen LogP contribution in [0.25, 0.3) is 0 Å². The lowest BCUT2D eigenvalue weighted by Gasteiger charge is -2.35. The van der Waals surface area contributed by atoms with Crippen LogP contribution in [0.5, 0.6) is 0 Å². The molecule has 1 aromatic rings.